The van der Waals surface area contributed by atoms with Crippen LogP contribution < -0.4 is 10.6 Å². The summed E-state index contributed by atoms with van der Waals surface area (Å²) in [6.07, 6.45) is -1.72. The lowest BCUT2D eigenvalue weighted by Crippen LogP contribution is -2.42. The maximum absolute atomic E-state index is 12.7. The van der Waals surface area contributed by atoms with E-state index in [-0.39, 0.29) is 43.4 Å². The fourth-order valence-corrected chi connectivity index (χ4v) is 4.45. The molecule has 0 radical (unpaired) electrons. The first-order valence-corrected chi connectivity index (χ1v) is 11.8. The van der Waals surface area contributed by atoms with Gasteiger partial charge in [-0.2, -0.15) is 0 Å². The lowest BCUT2D eigenvalue weighted by molar-refractivity contribution is -0.147. The van der Waals surface area contributed by atoms with Gasteiger partial charge in [0.15, 0.2) is 6.10 Å². The third-order valence-corrected chi connectivity index (χ3v) is 6.07. The Kier molecular flexibility index (Phi) is 8.51. The Morgan fingerprint density at radius 3 is 2.09 bits per heavy atom. The van der Waals surface area contributed by atoms with Gasteiger partial charge in [-0.05, 0) is 34.1 Å². The van der Waals surface area contributed by atoms with Crippen LogP contribution in [0.4, 0.5) is 4.79 Å². The van der Waals surface area contributed by atoms with Gasteiger partial charge in [-0.3, -0.25) is 4.79 Å². The minimum Gasteiger partial charge on any atom is -0.479 e. The monoisotopic (exact) mass is 482 g/mol. The first-order valence-electron chi connectivity index (χ1n) is 11.8. The molecule has 0 bridgehead atoms. The van der Waals surface area contributed by atoms with Crippen molar-refractivity contribution in [3.8, 4) is 11.1 Å². The van der Waals surface area contributed by atoms with Gasteiger partial charge in [0.2, 0.25) is 5.91 Å². The number of amides is 2. The fraction of sp³-hybridized carbons (Fsp3) is 0.444. The highest BCUT2D eigenvalue weighted by molar-refractivity contribution is 5.80. The van der Waals surface area contributed by atoms with Crippen molar-refractivity contribution in [1.82, 2.24) is 10.6 Å². The van der Waals surface area contributed by atoms with E-state index in [0.29, 0.717) is 6.42 Å². The smallest absolute Gasteiger partial charge is 0.407 e. The zero-order valence-electron chi connectivity index (χ0n) is 20.4. The molecule has 4 N–H and O–H groups in total. The third kappa shape index (κ3) is 7.05. The predicted octanol–water partition coefficient (Wildman–Crippen LogP) is 3.53. The largest absolute Gasteiger partial charge is 0.479 e. The molecule has 0 aliphatic heterocycles. The van der Waals surface area contributed by atoms with Crippen molar-refractivity contribution in [1.29, 1.82) is 0 Å². The first-order chi connectivity index (χ1) is 16.6. The molecule has 0 fully saturated rings. The first kappa shape index (κ1) is 26.2. The van der Waals surface area contributed by atoms with Crippen LogP contribution in [0.3, 0.4) is 0 Å². The third-order valence-electron chi connectivity index (χ3n) is 6.07. The van der Waals surface area contributed by atoms with E-state index in [2.05, 4.69) is 22.8 Å². The fourth-order valence-electron chi connectivity index (χ4n) is 4.45. The molecule has 2 amide bonds. The van der Waals surface area contributed by atoms with Crippen molar-refractivity contribution < 1.29 is 29.3 Å². The van der Waals surface area contributed by atoms with Crippen LogP contribution in [0.2, 0.25) is 0 Å². The normalized spacial score (nSPS) is 14.4. The number of carboxylic acid groups (broad SMARTS) is 1. The molecule has 188 valence electrons. The van der Waals surface area contributed by atoms with Gasteiger partial charge in [0.1, 0.15) is 6.61 Å². The second-order valence-electron chi connectivity index (χ2n) is 10.1. The van der Waals surface area contributed by atoms with Crippen LogP contribution in [0.25, 0.3) is 11.1 Å². The summed E-state index contributed by atoms with van der Waals surface area (Å²) in [5, 5.41) is 23.5. The Bertz CT molecular complexity index is 1020. The molecule has 1 aliphatic carbocycles. The predicted molar refractivity (Wildman–Crippen MR) is 132 cm³/mol. The molecule has 0 aromatic heterocycles. The van der Waals surface area contributed by atoms with E-state index in [4.69, 9.17) is 9.84 Å². The summed E-state index contributed by atoms with van der Waals surface area (Å²) < 4.78 is 5.56. The molecule has 2 atom stereocenters. The lowest BCUT2D eigenvalue weighted by atomic mass is 9.84. The Morgan fingerprint density at radius 1 is 0.971 bits per heavy atom. The van der Waals surface area contributed by atoms with E-state index in [1.165, 1.54) is 0 Å². The van der Waals surface area contributed by atoms with Crippen molar-refractivity contribution in [2.75, 3.05) is 19.7 Å². The number of nitrogens with one attached hydrogen (secondary N) is 2. The number of carbonyl (C=O) groups is 3. The van der Waals surface area contributed by atoms with Gasteiger partial charge in [0.05, 0.1) is 5.92 Å². The Balaban J connectivity index is 1.56. The number of alkyl carbamates (subject to hydrolysis) is 1. The molecule has 8 heteroatoms. The number of aliphatic hydroxyl groups excluding tert-OH is 1. The molecule has 0 saturated carbocycles. The van der Waals surface area contributed by atoms with Gasteiger partial charge >= 0.3 is 12.1 Å². The summed E-state index contributed by atoms with van der Waals surface area (Å²) >= 11 is 0. The van der Waals surface area contributed by atoms with Crippen molar-refractivity contribution >= 4 is 18.0 Å². The van der Waals surface area contributed by atoms with Crippen molar-refractivity contribution in [3.05, 3.63) is 59.7 Å². The number of benzene rings is 2. The molecule has 0 spiro atoms. The zero-order chi connectivity index (χ0) is 25.6. The number of aliphatic carboxylic acids is 1. The SMILES string of the molecule is CC(C)(C)CC(CNC(=O)OCC1c2ccccc2-c2ccccc21)C(=O)NCCC(O)C(=O)O. The van der Waals surface area contributed by atoms with Gasteiger partial charge in [0, 0.05) is 25.4 Å². The van der Waals surface area contributed by atoms with E-state index in [1.807, 2.05) is 57.2 Å². The molecule has 2 unspecified atom stereocenters. The Morgan fingerprint density at radius 2 is 1.54 bits per heavy atom. The summed E-state index contributed by atoms with van der Waals surface area (Å²) in [6.45, 7) is 6.28. The van der Waals surface area contributed by atoms with Gasteiger partial charge in [0.25, 0.3) is 0 Å². The molecule has 35 heavy (non-hydrogen) atoms. The lowest BCUT2D eigenvalue weighted by Gasteiger charge is -2.25. The van der Waals surface area contributed by atoms with Crippen molar-refractivity contribution in [3.63, 3.8) is 0 Å². The zero-order valence-corrected chi connectivity index (χ0v) is 20.4. The average molecular weight is 483 g/mol. The molecular formula is C27H34N2O6. The maximum atomic E-state index is 12.7. The Labute approximate surface area is 205 Å². The second kappa shape index (κ2) is 11.4. The number of carboxylic acids is 1. The van der Waals surface area contributed by atoms with Crippen LogP contribution in [-0.2, 0) is 14.3 Å². The molecule has 3 rings (SSSR count). The van der Waals surface area contributed by atoms with Crippen LogP contribution in [0, 0.1) is 11.3 Å². The molecule has 1 aliphatic rings. The molecule has 2 aromatic rings. The average Bonchev–Trinajstić information content (AvgIpc) is 3.13. The Hall–Kier alpha value is -3.39. The number of aliphatic hydroxyl groups is 1. The maximum Gasteiger partial charge on any atom is 0.407 e. The topological polar surface area (TPSA) is 125 Å². The second-order valence-corrected chi connectivity index (χ2v) is 10.1. The van der Waals surface area contributed by atoms with Crippen molar-refractivity contribution in [2.45, 2.75) is 45.6 Å². The number of hydrogen-bond donors (Lipinski definition) is 4. The highest BCUT2D eigenvalue weighted by Crippen LogP contribution is 2.44. The molecule has 2 aromatic carbocycles. The van der Waals surface area contributed by atoms with E-state index in [9.17, 15) is 19.5 Å². The van der Waals surface area contributed by atoms with Crippen LogP contribution in [0.5, 0.6) is 0 Å². The van der Waals surface area contributed by atoms with Crippen LogP contribution in [0.15, 0.2) is 48.5 Å². The number of rotatable bonds is 10. The number of ether oxygens (including phenoxy) is 1. The van der Waals surface area contributed by atoms with E-state index in [0.717, 1.165) is 22.3 Å². The minimum absolute atomic E-state index is 0.0257. The van der Waals surface area contributed by atoms with E-state index in [1.54, 1.807) is 0 Å². The van der Waals surface area contributed by atoms with Crippen molar-refractivity contribution in [2.24, 2.45) is 11.3 Å². The minimum atomic E-state index is -1.53. The van der Waals surface area contributed by atoms with Gasteiger partial charge < -0.3 is 25.6 Å². The highest BCUT2D eigenvalue weighted by atomic mass is 16.5. The summed E-state index contributed by atoms with van der Waals surface area (Å²) in [6, 6.07) is 16.2. The quantitative estimate of drug-likeness (QED) is 0.411. The highest BCUT2D eigenvalue weighted by Gasteiger charge is 2.30. The molecule has 0 heterocycles. The summed E-state index contributed by atoms with van der Waals surface area (Å²) in [7, 11) is 0. The molecule has 0 saturated heterocycles. The van der Waals surface area contributed by atoms with Gasteiger partial charge in [-0.15, -0.1) is 0 Å². The number of fused-ring (bicyclic) bond motifs is 3. The van der Waals surface area contributed by atoms with Gasteiger partial charge in [-0.25, -0.2) is 9.59 Å². The van der Waals surface area contributed by atoms with Crippen LogP contribution >= 0.6 is 0 Å². The summed E-state index contributed by atoms with van der Waals surface area (Å²) in [5.41, 5.74) is 4.36. The number of hydrogen-bond acceptors (Lipinski definition) is 5. The summed E-state index contributed by atoms with van der Waals surface area (Å²) in [4.78, 5) is 36.0. The van der Waals surface area contributed by atoms with E-state index >= 15 is 0 Å². The van der Waals surface area contributed by atoms with E-state index < -0.39 is 24.1 Å². The van der Waals surface area contributed by atoms with Gasteiger partial charge in [-0.1, -0.05) is 69.3 Å². The molecule has 8 nitrogen and oxygen atoms in total. The standard InChI is InChI=1S/C27H34N2O6/c1-27(2,3)14-17(24(31)28-13-12-23(30)25(32)33)15-29-26(34)35-16-22-20-10-6-4-8-18(20)19-9-5-7-11-21(19)22/h4-11,17,22-23,30H,12-16H2,1-3H3,(H,28,31)(H,29,34)(H,32,33). The van der Waals surface area contributed by atoms with Crippen LogP contribution in [-0.4, -0.2) is 54.0 Å². The molecular weight excluding hydrogens is 448 g/mol. The van der Waals surface area contributed by atoms with Crippen LogP contribution in [0.1, 0.15) is 50.7 Å². The summed E-state index contributed by atoms with van der Waals surface area (Å²) in [5.74, 6) is -2.22. The number of carbonyl (C=O) groups excluding carboxylic acids is 2.